The molecule has 10 heteroatoms. The minimum absolute atomic E-state index is 0.328. The lowest BCUT2D eigenvalue weighted by molar-refractivity contribution is 0.0240. The average molecular weight is 478 g/mol. The second-order valence-corrected chi connectivity index (χ2v) is 9.04. The third-order valence-electron chi connectivity index (χ3n) is 5.32. The Morgan fingerprint density at radius 2 is 1.62 bits per heavy atom. The van der Waals surface area contributed by atoms with Gasteiger partial charge in [-0.3, -0.25) is 4.90 Å². The number of nitriles is 1. The highest BCUT2D eigenvalue weighted by Gasteiger charge is 2.33. The van der Waals surface area contributed by atoms with Crippen LogP contribution in [0.25, 0.3) is 0 Å². The number of carbonyl (C=O) groups is 1. The van der Waals surface area contributed by atoms with Gasteiger partial charge in [-0.1, -0.05) is 13.8 Å². The molecule has 1 aromatic heterocycles. The molecular weight excluding hydrogens is 434 g/mol. The Morgan fingerprint density at radius 1 is 1.03 bits per heavy atom. The van der Waals surface area contributed by atoms with E-state index in [4.69, 9.17) is 14.7 Å². The van der Waals surface area contributed by atoms with Crippen LogP contribution in [0.5, 0.6) is 6.01 Å². The molecule has 192 valence electrons. The zero-order valence-electron chi connectivity index (χ0n) is 22.1. The van der Waals surface area contributed by atoms with Crippen LogP contribution < -0.4 is 15.0 Å². The lowest BCUT2D eigenvalue weighted by atomic mass is 10.2. The minimum atomic E-state index is -0.517. The Kier molecular flexibility index (Phi) is 12.6. The van der Waals surface area contributed by atoms with Crippen molar-refractivity contribution in [1.29, 1.82) is 5.26 Å². The van der Waals surface area contributed by atoms with Gasteiger partial charge in [0.05, 0.1) is 25.9 Å². The summed E-state index contributed by atoms with van der Waals surface area (Å²) < 4.78 is 10.7. The summed E-state index contributed by atoms with van der Waals surface area (Å²) in [4.78, 5) is 27.6. The first kappa shape index (κ1) is 29.4. The number of likely N-dealkylation sites (tertiary alicyclic amines) is 1. The van der Waals surface area contributed by atoms with Crippen LogP contribution in [-0.2, 0) is 17.8 Å². The van der Waals surface area contributed by atoms with Crippen molar-refractivity contribution in [2.45, 2.75) is 66.2 Å². The maximum Gasteiger partial charge on any atom is 0.410 e. The van der Waals surface area contributed by atoms with E-state index in [0.29, 0.717) is 19.1 Å². The zero-order chi connectivity index (χ0) is 25.7. The summed E-state index contributed by atoms with van der Waals surface area (Å²) >= 11 is 0. The lowest BCUT2D eigenvalue weighted by Gasteiger charge is -2.30. The summed E-state index contributed by atoms with van der Waals surface area (Å²) in [6, 6.07) is 0.341. The molecule has 3 aliphatic heterocycles. The number of anilines is 1. The highest BCUT2D eigenvalue weighted by molar-refractivity contribution is 5.70. The van der Waals surface area contributed by atoms with Gasteiger partial charge in [0.25, 0.3) is 0 Å². The Morgan fingerprint density at radius 3 is 2.09 bits per heavy atom. The fraction of sp³-hybridized carbons (Fsp3) is 0.750. The van der Waals surface area contributed by atoms with Gasteiger partial charge < -0.3 is 24.6 Å². The van der Waals surface area contributed by atoms with E-state index in [9.17, 15) is 4.79 Å². The second kappa shape index (κ2) is 14.6. The molecule has 3 aliphatic rings. The van der Waals surface area contributed by atoms with Gasteiger partial charge in [0, 0.05) is 38.3 Å². The molecule has 4 rings (SSSR count). The third kappa shape index (κ3) is 8.95. The summed E-state index contributed by atoms with van der Waals surface area (Å²) in [7, 11) is 3.73. The fourth-order valence-electron chi connectivity index (χ4n) is 3.78. The molecule has 1 amide bonds. The molecule has 2 fully saturated rings. The summed E-state index contributed by atoms with van der Waals surface area (Å²) in [6.45, 7) is 20.2. The number of ether oxygens (including phenoxy) is 2. The number of amides is 1. The third-order valence-corrected chi connectivity index (χ3v) is 5.32. The van der Waals surface area contributed by atoms with Gasteiger partial charge in [0.1, 0.15) is 11.4 Å². The number of piperazine rings is 1. The number of methoxy groups -OCH3 is 1. The standard InChI is InChI=1S/C16H25N5O3.C5H11N.C2H6.CHN/c1-16(2,3)24-15(22)21-9-11-12(10-21)18-14(23-4)19-13(11)20-7-5-17-6-8-20;1-6-4-2-3-5-6;2*1-2/h17H,5-10H2,1-4H3;2-5H2,1H3;1-2H3;1H. The maximum absolute atomic E-state index is 12.4. The molecule has 0 atom stereocenters. The monoisotopic (exact) mass is 477 g/mol. The summed E-state index contributed by atoms with van der Waals surface area (Å²) in [5.41, 5.74) is 1.31. The van der Waals surface area contributed by atoms with Crippen molar-refractivity contribution in [3.8, 4) is 12.6 Å². The zero-order valence-corrected chi connectivity index (χ0v) is 22.1. The van der Waals surface area contributed by atoms with Gasteiger partial charge in [-0.15, -0.1) is 0 Å². The molecule has 0 unspecified atom stereocenters. The predicted molar refractivity (Wildman–Crippen MR) is 134 cm³/mol. The molecule has 4 heterocycles. The van der Waals surface area contributed by atoms with Crippen molar-refractivity contribution in [3.05, 3.63) is 11.3 Å². The van der Waals surface area contributed by atoms with E-state index in [2.05, 4.69) is 38.7 Å². The largest absolute Gasteiger partial charge is 0.467 e. The summed E-state index contributed by atoms with van der Waals surface area (Å²) in [6.07, 6.45) is 2.50. The number of fused-ring (bicyclic) bond motifs is 1. The van der Waals surface area contributed by atoms with Gasteiger partial charge in [-0.25, -0.2) is 10.1 Å². The van der Waals surface area contributed by atoms with Crippen LogP contribution in [0.2, 0.25) is 0 Å². The van der Waals surface area contributed by atoms with Crippen molar-refractivity contribution in [2.24, 2.45) is 0 Å². The van der Waals surface area contributed by atoms with Gasteiger partial charge in [-0.2, -0.15) is 9.97 Å². The molecule has 34 heavy (non-hydrogen) atoms. The first-order chi connectivity index (χ1) is 16.3. The van der Waals surface area contributed by atoms with Crippen LogP contribution in [0.1, 0.15) is 58.7 Å². The van der Waals surface area contributed by atoms with Gasteiger partial charge in [-0.05, 0) is 53.8 Å². The molecule has 0 spiro atoms. The van der Waals surface area contributed by atoms with Crippen LogP contribution in [0.15, 0.2) is 0 Å². The average Bonchev–Trinajstić information content (AvgIpc) is 3.50. The van der Waals surface area contributed by atoms with E-state index >= 15 is 0 Å². The van der Waals surface area contributed by atoms with Crippen molar-refractivity contribution >= 4 is 11.9 Å². The molecular formula is C24H43N7O3. The molecule has 1 N–H and O–H groups in total. The Hall–Kier alpha value is -2.64. The molecule has 0 bridgehead atoms. The fourth-order valence-corrected chi connectivity index (χ4v) is 3.78. The number of rotatable bonds is 2. The topological polar surface area (TPSA) is 107 Å². The first-order valence-electron chi connectivity index (χ1n) is 12.1. The van der Waals surface area contributed by atoms with Crippen LogP contribution in [0, 0.1) is 11.8 Å². The first-order valence-corrected chi connectivity index (χ1v) is 12.1. The van der Waals surface area contributed by atoms with E-state index < -0.39 is 5.60 Å². The number of carbonyl (C=O) groups excluding carboxylic acids is 1. The molecule has 0 radical (unpaired) electrons. The number of hydrogen-bond donors (Lipinski definition) is 1. The number of nitrogens with zero attached hydrogens (tertiary/aromatic N) is 6. The normalized spacial score (nSPS) is 17.2. The van der Waals surface area contributed by atoms with Crippen molar-refractivity contribution in [2.75, 3.05) is 58.3 Å². The quantitative estimate of drug-likeness (QED) is 0.688. The minimum Gasteiger partial charge on any atom is -0.467 e. The van der Waals surface area contributed by atoms with Crippen LogP contribution in [0.4, 0.5) is 10.6 Å². The van der Waals surface area contributed by atoms with Crippen LogP contribution in [-0.4, -0.2) is 84.9 Å². The van der Waals surface area contributed by atoms with E-state index in [1.165, 1.54) is 25.9 Å². The van der Waals surface area contributed by atoms with E-state index in [1.54, 1.807) is 12.0 Å². The SMILES string of the molecule is C#N.CC.CN1CCCC1.COc1nc2c(c(N3CCNCC3)n1)CN(C(=O)OC(C)(C)C)C2. The van der Waals surface area contributed by atoms with Crippen molar-refractivity contribution in [1.82, 2.24) is 25.1 Å². The molecule has 10 nitrogen and oxygen atoms in total. The second-order valence-electron chi connectivity index (χ2n) is 9.04. The lowest BCUT2D eigenvalue weighted by Crippen LogP contribution is -2.44. The predicted octanol–water partition coefficient (Wildman–Crippen LogP) is 3.02. The molecule has 0 aliphatic carbocycles. The molecule has 1 aromatic rings. The Balaban J connectivity index is 0.000000489. The van der Waals surface area contributed by atoms with E-state index in [0.717, 1.165) is 43.3 Å². The van der Waals surface area contributed by atoms with Crippen LogP contribution in [0.3, 0.4) is 0 Å². The maximum atomic E-state index is 12.4. The highest BCUT2D eigenvalue weighted by atomic mass is 16.6. The highest BCUT2D eigenvalue weighted by Crippen LogP contribution is 2.32. The summed E-state index contributed by atoms with van der Waals surface area (Å²) in [5, 5.41) is 9.83. The Labute approximate surface area is 205 Å². The van der Waals surface area contributed by atoms with E-state index in [-0.39, 0.29) is 6.09 Å². The van der Waals surface area contributed by atoms with Crippen molar-refractivity contribution in [3.63, 3.8) is 0 Å². The van der Waals surface area contributed by atoms with Crippen molar-refractivity contribution < 1.29 is 14.3 Å². The molecule has 0 saturated carbocycles. The number of hydrogen-bond acceptors (Lipinski definition) is 9. The van der Waals surface area contributed by atoms with Gasteiger partial charge in [0.15, 0.2) is 0 Å². The smallest absolute Gasteiger partial charge is 0.410 e. The summed E-state index contributed by atoms with van der Waals surface area (Å²) in [5.74, 6) is 0.865. The molecule has 0 aromatic carbocycles. The van der Waals surface area contributed by atoms with E-state index in [1.807, 2.05) is 34.6 Å². The molecule has 2 saturated heterocycles. The Bertz CT molecular complexity index is 768. The van der Waals surface area contributed by atoms with Gasteiger partial charge >= 0.3 is 12.1 Å². The van der Waals surface area contributed by atoms with Gasteiger partial charge in [0.2, 0.25) is 0 Å². The van der Waals surface area contributed by atoms with Crippen LogP contribution >= 0.6 is 0 Å². The number of nitrogens with one attached hydrogen (secondary N) is 1. The number of aromatic nitrogens is 2.